The second-order valence-corrected chi connectivity index (χ2v) is 5.61. The van der Waals surface area contributed by atoms with Crippen LogP contribution in [-0.4, -0.2) is 16.9 Å². The van der Waals surface area contributed by atoms with Crippen molar-refractivity contribution in [1.29, 1.82) is 0 Å². The van der Waals surface area contributed by atoms with Crippen molar-refractivity contribution < 1.29 is 4.79 Å². The van der Waals surface area contributed by atoms with E-state index >= 15 is 0 Å². The Balaban J connectivity index is 2.13. The topological polar surface area (TPSA) is 54.0 Å². The van der Waals surface area contributed by atoms with Crippen LogP contribution in [0.15, 0.2) is 47.1 Å². The summed E-state index contributed by atoms with van der Waals surface area (Å²) in [5, 5.41) is 6.07. The second-order valence-electron chi connectivity index (χ2n) is 4.69. The Morgan fingerprint density at radius 3 is 2.70 bits per heavy atom. The fourth-order valence-electron chi connectivity index (χ4n) is 1.74. The number of carbonyl (C=O) groups excluding carboxylic acids is 1. The number of amides is 1. The molecule has 1 heterocycles. The molecule has 0 unspecified atom stereocenters. The van der Waals surface area contributed by atoms with Gasteiger partial charge in [-0.15, -0.1) is 0 Å². The number of nitrogens with zero attached hydrogens (tertiary/aromatic N) is 1. The van der Waals surface area contributed by atoms with Gasteiger partial charge in [-0.3, -0.25) is 9.78 Å². The molecule has 0 aliphatic carbocycles. The van der Waals surface area contributed by atoms with Gasteiger partial charge in [-0.2, -0.15) is 0 Å². The van der Waals surface area contributed by atoms with Gasteiger partial charge >= 0.3 is 0 Å². The molecule has 1 amide bonds. The summed E-state index contributed by atoms with van der Waals surface area (Å²) < 4.78 is 0.915. The molecular formula is C15H16BrN3O. The first-order valence-corrected chi connectivity index (χ1v) is 7.13. The van der Waals surface area contributed by atoms with E-state index in [1.807, 2.05) is 44.2 Å². The van der Waals surface area contributed by atoms with E-state index in [-0.39, 0.29) is 5.91 Å². The van der Waals surface area contributed by atoms with Crippen LogP contribution in [0.25, 0.3) is 0 Å². The molecule has 0 radical (unpaired) electrons. The average Bonchev–Trinajstić information content (AvgIpc) is 2.38. The summed E-state index contributed by atoms with van der Waals surface area (Å²) in [6.45, 7) is 4.09. The van der Waals surface area contributed by atoms with E-state index in [1.54, 1.807) is 12.3 Å². The lowest BCUT2D eigenvalue weighted by molar-refractivity contribution is 0.102. The third-order valence-corrected chi connectivity index (χ3v) is 3.02. The fraction of sp³-hybridized carbons (Fsp3) is 0.200. The van der Waals surface area contributed by atoms with Gasteiger partial charge in [-0.05, 0) is 44.2 Å². The minimum Gasteiger partial charge on any atom is -0.383 e. The van der Waals surface area contributed by atoms with Gasteiger partial charge in [-0.25, -0.2) is 0 Å². The summed E-state index contributed by atoms with van der Waals surface area (Å²) in [7, 11) is 0. The first-order chi connectivity index (χ1) is 9.54. The number of benzene rings is 1. The molecule has 1 aromatic heterocycles. The molecule has 0 aliphatic rings. The standard InChI is InChI=1S/C15H16BrN3O/c1-10(2)18-13-6-7-17-14(9-13)15(20)19-12-5-3-4-11(16)8-12/h3-10H,1-2H3,(H,17,18)(H,19,20). The molecule has 2 aromatic rings. The average molecular weight is 334 g/mol. The van der Waals surface area contributed by atoms with Crippen molar-refractivity contribution in [2.24, 2.45) is 0 Å². The molecule has 0 saturated carbocycles. The van der Waals surface area contributed by atoms with E-state index in [2.05, 4.69) is 31.5 Å². The number of nitrogens with one attached hydrogen (secondary N) is 2. The monoisotopic (exact) mass is 333 g/mol. The molecule has 2 rings (SSSR count). The number of hydrogen-bond donors (Lipinski definition) is 2. The highest BCUT2D eigenvalue weighted by Crippen LogP contribution is 2.17. The highest BCUT2D eigenvalue weighted by Gasteiger charge is 2.09. The van der Waals surface area contributed by atoms with Crippen molar-refractivity contribution in [3.05, 3.63) is 52.8 Å². The number of halogens is 1. The largest absolute Gasteiger partial charge is 0.383 e. The van der Waals surface area contributed by atoms with Gasteiger partial charge in [-0.1, -0.05) is 22.0 Å². The van der Waals surface area contributed by atoms with Crippen LogP contribution in [0.5, 0.6) is 0 Å². The van der Waals surface area contributed by atoms with E-state index in [9.17, 15) is 4.79 Å². The Bertz CT molecular complexity index is 614. The van der Waals surface area contributed by atoms with Crippen LogP contribution >= 0.6 is 15.9 Å². The lowest BCUT2D eigenvalue weighted by Gasteiger charge is -2.11. The normalized spacial score (nSPS) is 10.4. The second kappa shape index (κ2) is 6.52. The Kier molecular flexibility index (Phi) is 4.74. The van der Waals surface area contributed by atoms with Crippen LogP contribution in [0, 0.1) is 0 Å². The Morgan fingerprint density at radius 2 is 2.00 bits per heavy atom. The minimum absolute atomic E-state index is 0.226. The first-order valence-electron chi connectivity index (χ1n) is 6.34. The predicted octanol–water partition coefficient (Wildman–Crippen LogP) is 3.92. The highest BCUT2D eigenvalue weighted by molar-refractivity contribution is 9.10. The number of pyridine rings is 1. The zero-order valence-corrected chi connectivity index (χ0v) is 12.9. The molecule has 0 saturated heterocycles. The van der Waals surface area contributed by atoms with Crippen molar-refractivity contribution >= 4 is 33.2 Å². The highest BCUT2D eigenvalue weighted by atomic mass is 79.9. The molecule has 2 N–H and O–H groups in total. The van der Waals surface area contributed by atoms with Crippen molar-refractivity contribution in [2.75, 3.05) is 10.6 Å². The van der Waals surface area contributed by atoms with E-state index in [4.69, 9.17) is 0 Å². The van der Waals surface area contributed by atoms with Crippen molar-refractivity contribution in [1.82, 2.24) is 4.98 Å². The summed E-state index contributed by atoms with van der Waals surface area (Å²) in [6.07, 6.45) is 1.63. The van der Waals surface area contributed by atoms with E-state index in [0.717, 1.165) is 15.8 Å². The predicted molar refractivity (Wildman–Crippen MR) is 85.1 cm³/mol. The van der Waals surface area contributed by atoms with Gasteiger partial charge < -0.3 is 10.6 Å². The van der Waals surface area contributed by atoms with Crippen molar-refractivity contribution in [3.63, 3.8) is 0 Å². The summed E-state index contributed by atoms with van der Waals surface area (Å²) >= 11 is 3.37. The number of hydrogen-bond acceptors (Lipinski definition) is 3. The van der Waals surface area contributed by atoms with E-state index < -0.39 is 0 Å². The number of anilines is 2. The fourth-order valence-corrected chi connectivity index (χ4v) is 2.14. The molecule has 0 fully saturated rings. The maximum Gasteiger partial charge on any atom is 0.274 e. The zero-order chi connectivity index (χ0) is 14.5. The van der Waals surface area contributed by atoms with Gasteiger partial charge in [0.05, 0.1) is 0 Å². The SMILES string of the molecule is CC(C)Nc1ccnc(C(=O)Nc2cccc(Br)c2)c1. The molecule has 20 heavy (non-hydrogen) atoms. The lowest BCUT2D eigenvalue weighted by Crippen LogP contribution is -2.15. The van der Waals surface area contributed by atoms with Crippen molar-refractivity contribution in [3.8, 4) is 0 Å². The molecule has 104 valence electrons. The van der Waals surface area contributed by atoms with Gasteiger partial charge in [0.2, 0.25) is 0 Å². The molecule has 4 nitrogen and oxygen atoms in total. The van der Waals surface area contributed by atoms with Gasteiger partial charge in [0, 0.05) is 28.1 Å². The molecule has 5 heteroatoms. The molecule has 0 bridgehead atoms. The summed E-state index contributed by atoms with van der Waals surface area (Å²) in [5.74, 6) is -0.226. The van der Waals surface area contributed by atoms with Crippen LogP contribution < -0.4 is 10.6 Å². The smallest absolute Gasteiger partial charge is 0.274 e. The Morgan fingerprint density at radius 1 is 1.20 bits per heavy atom. The van der Waals surface area contributed by atoms with Crippen LogP contribution in [0.2, 0.25) is 0 Å². The minimum atomic E-state index is -0.226. The van der Waals surface area contributed by atoms with Crippen molar-refractivity contribution in [2.45, 2.75) is 19.9 Å². The van der Waals surface area contributed by atoms with E-state index in [1.165, 1.54) is 0 Å². The zero-order valence-electron chi connectivity index (χ0n) is 11.4. The Labute approximate surface area is 126 Å². The molecular weight excluding hydrogens is 318 g/mol. The summed E-state index contributed by atoms with van der Waals surface area (Å²) in [4.78, 5) is 16.2. The number of rotatable bonds is 4. The summed E-state index contributed by atoms with van der Waals surface area (Å²) in [6, 6.07) is 11.3. The first kappa shape index (κ1) is 14.5. The number of aromatic nitrogens is 1. The lowest BCUT2D eigenvalue weighted by atomic mass is 10.2. The third kappa shape index (κ3) is 4.06. The molecule has 1 aromatic carbocycles. The molecule has 0 atom stereocenters. The quantitative estimate of drug-likeness (QED) is 0.891. The third-order valence-electron chi connectivity index (χ3n) is 2.53. The van der Waals surface area contributed by atoms with Crippen LogP contribution in [0.1, 0.15) is 24.3 Å². The van der Waals surface area contributed by atoms with E-state index in [0.29, 0.717) is 11.7 Å². The summed E-state index contributed by atoms with van der Waals surface area (Å²) in [5.41, 5.74) is 2.00. The van der Waals surface area contributed by atoms with Crippen LogP contribution in [0.4, 0.5) is 11.4 Å². The van der Waals surface area contributed by atoms with Crippen LogP contribution in [0.3, 0.4) is 0 Å². The maximum absolute atomic E-state index is 12.1. The van der Waals surface area contributed by atoms with Gasteiger partial charge in [0.25, 0.3) is 5.91 Å². The maximum atomic E-state index is 12.1. The molecule has 0 spiro atoms. The van der Waals surface area contributed by atoms with Gasteiger partial charge in [0.15, 0.2) is 0 Å². The van der Waals surface area contributed by atoms with Gasteiger partial charge in [0.1, 0.15) is 5.69 Å². The van der Waals surface area contributed by atoms with Crippen LogP contribution in [-0.2, 0) is 0 Å². The number of carbonyl (C=O) groups is 1. The Hall–Kier alpha value is -1.88. The molecule has 0 aliphatic heterocycles.